The predicted molar refractivity (Wildman–Crippen MR) is 71.3 cm³/mol. The van der Waals surface area contributed by atoms with E-state index in [0.717, 1.165) is 17.3 Å². The van der Waals surface area contributed by atoms with E-state index in [1.165, 1.54) is 12.7 Å². The standard InChI is InChI=1S/C14H18N2O2/c1-10(15)7-11-8-16(9-14(17)18-2)13-6-4-3-5-12(11)13/h3-6,8,10H,7,9,15H2,1-2H3. The van der Waals surface area contributed by atoms with Gasteiger partial charge in [0.1, 0.15) is 6.54 Å². The Morgan fingerprint density at radius 2 is 2.17 bits per heavy atom. The lowest BCUT2D eigenvalue weighted by atomic mass is 10.1. The Kier molecular flexibility index (Phi) is 3.67. The van der Waals surface area contributed by atoms with Crippen molar-refractivity contribution in [1.29, 1.82) is 0 Å². The maximum absolute atomic E-state index is 11.4. The molecule has 0 bridgehead atoms. The molecule has 0 saturated carbocycles. The molecule has 0 amide bonds. The van der Waals surface area contributed by atoms with Crippen molar-refractivity contribution < 1.29 is 9.53 Å². The van der Waals surface area contributed by atoms with E-state index < -0.39 is 0 Å². The maximum Gasteiger partial charge on any atom is 0.325 e. The molecule has 0 aliphatic carbocycles. The van der Waals surface area contributed by atoms with Crippen LogP contribution in [0.3, 0.4) is 0 Å². The first-order valence-electron chi connectivity index (χ1n) is 6.01. The van der Waals surface area contributed by atoms with Crippen molar-refractivity contribution in [3.63, 3.8) is 0 Å². The van der Waals surface area contributed by atoms with Crippen LogP contribution in [0.2, 0.25) is 0 Å². The minimum atomic E-state index is -0.247. The van der Waals surface area contributed by atoms with E-state index >= 15 is 0 Å². The number of esters is 1. The molecule has 0 spiro atoms. The summed E-state index contributed by atoms with van der Waals surface area (Å²) < 4.78 is 6.62. The summed E-state index contributed by atoms with van der Waals surface area (Å²) in [7, 11) is 1.40. The predicted octanol–water partition coefficient (Wildman–Crippen LogP) is 1.70. The molecule has 1 heterocycles. The molecule has 0 radical (unpaired) electrons. The van der Waals surface area contributed by atoms with Gasteiger partial charge in [0.05, 0.1) is 7.11 Å². The topological polar surface area (TPSA) is 57.2 Å². The molecule has 18 heavy (non-hydrogen) atoms. The Morgan fingerprint density at radius 1 is 1.44 bits per heavy atom. The van der Waals surface area contributed by atoms with Crippen LogP contribution in [0.25, 0.3) is 10.9 Å². The molecular formula is C14H18N2O2. The number of ether oxygens (including phenoxy) is 1. The van der Waals surface area contributed by atoms with Crippen molar-refractivity contribution in [2.24, 2.45) is 5.73 Å². The fourth-order valence-corrected chi connectivity index (χ4v) is 2.17. The zero-order valence-electron chi connectivity index (χ0n) is 10.7. The van der Waals surface area contributed by atoms with E-state index in [9.17, 15) is 4.79 Å². The Hall–Kier alpha value is -1.81. The number of benzene rings is 1. The Morgan fingerprint density at radius 3 is 2.83 bits per heavy atom. The SMILES string of the molecule is COC(=O)Cn1cc(CC(C)N)c2ccccc21. The van der Waals surface area contributed by atoms with E-state index in [2.05, 4.69) is 6.07 Å². The van der Waals surface area contributed by atoms with Gasteiger partial charge >= 0.3 is 5.97 Å². The number of para-hydroxylation sites is 1. The van der Waals surface area contributed by atoms with Gasteiger partial charge in [0, 0.05) is 23.1 Å². The van der Waals surface area contributed by atoms with Gasteiger partial charge in [-0.25, -0.2) is 0 Å². The van der Waals surface area contributed by atoms with Gasteiger partial charge in [0.25, 0.3) is 0 Å². The number of aromatic nitrogens is 1. The number of carbonyl (C=O) groups excluding carboxylic acids is 1. The zero-order chi connectivity index (χ0) is 13.1. The van der Waals surface area contributed by atoms with Crippen LogP contribution >= 0.6 is 0 Å². The van der Waals surface area contributed by atoms with Crippen LogP contribution in [0.15, 0.2) is 30.5 Å². The quantitative estimate of drug-likeness (QED) is 0.835. The van der Waals surface area contributed by atoms with Crippen LogP contribution in [0.4, 0.5) is 0 Å². The molecule has 96 valence electrons. The minimum absolute atomic E-state index is 0.0994. The van der Waals surface area contributed by atoms with Crippen LogP contribution in [-0.2, 0) is 22.5 Å². The third-order valence-electron chi connectivity index (χ3n) is 2.94. The molecule has 4 heteroatoms. The lowest BCUT2D eigenvalue weighted by Gasteiger charge is -2.02. The van der Waals surface area contributed by atoms with Crippen LogP contribution < -0.4 is 5.73 Å². The highest BCUT2D eigenvalue weighted by Crippen LogP contribution is 2.22. The first kappa shape index (κ1) is 12.6. The van der Waals surface area contributed by atoms with Crippen molar-refractivity contribution in [1.82, 2.24) is 4.57 Å². The van der Waals surface area contributed by atoms with Crippen LogP contribution in [0.1, 0.15) is 12.5 Å². The molecular weight excluding hydrogens is 228 g/mol. The molecule has 2 rings (SSSR count). The van der Waals surface area contributed by atoms with Crippen molar-refractivity contribution in [3.05, 3.63) is 36.0 Å². The van der Waals surface area contributed by atoms with Gasteiger partial charge in [-0.1, -0.05) is 18.2 Å². The Labute approximate surface area is 106 Å². The van der Waals surface area contributed by atoms with E-state index in [4.69, 9.17) is 10.5 Å². The first-order chi connectivity index (χ1) is 8.61. The molecule has 4 nitrogen and oxygen atoms in total. The molecule has 0 saturated heterocycles. The highest BCUT2D eigenvalue weighted by Gasteiger charge is 2.11. The summed E-state index contributed by atoms with van der Waals surface area (Å²) in [5.41, 5.74) is 8.06. The number of methoxy groups -OCH3 is 1. The summed E-state index contributed by atoms with van der Waals surface area (Å²) in [4.78, 5) is 11.4. The third kappa shape index (κ3) is 2.54. The number of hydrogen-bond donors (Lipinski definition) is 1. The summed E-state index contributed by atoms with van der Waals surface area (Å²) in [5, 5.41) is 1.15. The van der Waals surface area contributed by atoms with Gasteiger partial charge < -0.3 is 15.0 Å². The van der Waals surface area contributed by atoms with E-state index in [0.29, 0.717) is 0 Å². The second kappa shape index (κ2) is 5.23. The molecule has 2 N–H and O–H groups in total. The number of carbonyl (C=O) groups is 1. The van der Waals surface area contributed by atoms with Gasteiger partial charge in [-0.15, -0.1) is 0 Å². The van der Waals surface area contributed by atoms with Crippen LogP contribution in [0, 0.1) is 0 Å². The number of rotatable bonds is 4. The van der Waals surface area contributed by atoms with Gasteiger partial charge in [-0.2, -0.15) is 0 Å². The molecule has 1 unspecified atom stereocenters. The van der Waals surface area contributed by atoms with E-state index in [1.54, 1.807) is 0 Å². The lowest BCUT2D eigenvalue weighted by Crippen LogP contribution is -2.17. The zero-order valence-corrected chi connectivity index (χ0v) is 10.7. The summed E-state index contributed by atoms with van der Waals surface area (Å²) in [5.74, 6) is -0.247. The maximum atomic E-state index is 11.4. The smallest absolute Gasteiger partial charge is 0.325 e. The Balaban J connectivity index is 2.43. The minimum Gasteiger partial charge on any atom is -0.468 e. The molecule has 1 aromatic heterocycles. The second-order valence-electron chi connectivity index (χ2n) is 4.56. The Bertz CT molecular complexity index is 558. The molecule has 0 fully saturated rings. The van der Waals surface area contributed by atoms with E-state index in [-0.39, 0.29) is 18.6 Å². The van der Waals surface area contributed by atoms with Crippen molar-refractivity contribution in [3.8, 4) is 0 Å². The largest absolute Gasteiger partial charge is 0.468 e. The second-order valence-corrected chi connectivity index (χ2v) is 4.56. The fraction of sp³-hybridized carbons (Fsp3) is 0.357. The van der Waals surface area contributed by atoms with E-state index in [1.807, 2.05) is 35.9 Å². The number of hydrogen-bond acceptors (Lipinski definition) is 3. The van der Waals surface area contributed by atoms with Gasteiger partial charge in [-0.3, -0.25) is 4.79 Å². The van der Waals surface area contributed by atoms with Crippen molar-refractivity contribution >= 4 is 16.9 Å². The summed E-state index contributed by atoms with van der Waals surface area (Å²) in [6.45, 7) is 2.21. The fourth-order valence-electron chi connectivity index (χ4n) is 2.17. The normalized spacial score (nSPS) is 12.6. The van der Waals surface area contributed by atoms with Gasteiger partial charge in [-0.05, 0) is 25.0 Å². The molecule has 0 aliphatic heterocycles. The van der Waals surface area contributed by atoms with Gasteiger partial charge in [0.15, 0.2) is 0 Å². The first-order valence-corrected chi connectivity index (χ1v) is 6.01. The highest BCUT2D eigenvalue weighted by molar-refractivity contribution is 5.85. The molecule has 2 aromatic rings. The average molecular weight is 246 g/mol. The molecule has 1 atom stereocenters. The number of fused-ring (bicyclic) bond motifs is 1. The molecule has 1 aromatic carbocycles. The highest BCUT2D eigenvalue weighted by atomic mass is 16.5. The molecule has 0 aliphatic rings. The van der Waals surface area contributed by atoms with Crippen LogP contribution in [0.5, 0.6) is 0 Å². The summed E-state index contributed by atoms with van der Waals surface area (Å²) >= 11 is 0. The average Bonchev–Trinajstić information content (AvgIpc) is 2.67. The van der Waals surface area contributed by atoms with Crippen molar-refractivity contribution in [2.75, 3.05) is 7.11 Å². The monoisotopic (exact) mass is 246 g/mol. The number of nitrogens with zero attached hydrogens (tertiary/aromatic N) is 1. The number of nitrogens with two attached hydrogens (primary N) is 1. The third-order valence-corrected chi connectivity index (χ3v) is 2.94. The van der Waals surface area contributed by atoms with Gasteiger partial charge in [0.2, 0.25) is 0 Å². The van der Waals surface area contributed by atoms with Crippen molar-refractivity contribution in [2.45, 2.75) is 25.9 Å². The van der Waals surface area contributed by atoms with Crippen LogP contribution in [-0.4, -0.2) is 23.7 Å². The summed E-state index contributed by atoms with van der Waals surface area (Å²) in [6, 6.07) is 8.12. The summed E-state index contributed by atoms with van der Waals surface area (Å²) in [6.07, 6.45) is 2.79. The lowest BCUT2D eigenvalue weighted by molar-refractivity contribution is -0.141.